The molecule has 2 heterocycles. The van der Waals surface area contributed by atoms with Gasteiger partial charge < -0.3 is 5.32 Å². The second kappa shape index (κ2) is 4.76. The normalized spacial score (nSPS) is 11.0. The van der Waals surface area contributed by atoms with E-state index in [9.17, 15) is 0 Å². The molecule has 0 aliphatic carbocycles. The van der Waals surface area contributed by atoms with Gasteiger partial charge in [-0.3, -0.25) is 4.68 Å². The Kier molecular flexibility index (Phi) is 3.32. The van der Waals surface area contributed by atoms with Crippen molar-refractivity contribution < 1.29 is 0 Å². The predicted molar refractivity (Wildman–Crippen MR) is 72.1 cm³/mol. The number of aryl methyl sites for hydroxylation is 3. The predicted octanol–water partition coefficient (Wildman–Crippen LogP) is 2.69. The summed E-state index contributed by atoms with van der Waals surface area (Å²) < 4.78 is 1.77. The second-order valence-corrected chi connectivity index (χ2v) is 4.84. The summed E-state index contributed by atoms with van der Waals surface area (Å²) in [6.45, 7) is 8.19. The summed E-state index contributed by atoms with van der Waals surface area (Å²) in [5.74, 6) is 1.03. The van der Waals surface area contributed by atoms with Gasteiger partial charge >= 0.3 is 0 Å². The number of nitrogens with one attached hydrogen (secondary N) is 1. The molecule has 5 nitrogen and oxygen atoms in total. The van der Waals surface area contributed by atoms with Crippen LogP contribution in [0.2, 0.25) is 0 Å². The maximum Gasteiger partial charge on any atom is 0.227 e. The molecule has 0 spiro atoms. The summed E-state index contributed by atoms with van der Waals surface area (Å²) in [6, 6.07) is 2.02. The molecular formula is C13H19N5. The highest BCUT2D eigenvalue weighted by atomic mass is 15.3. The van der Waals surface area contributed by atoms with Crippen LogP contribution in [0.1, 0.15) is 36.8 Å². The minimum Gasteiger partial charge on any atom is -0.321 e. The first kappa shape index (κ1) is 12.5. The molecule has 0 aromatic carbocycles. The number of hydrogen-bond donors (Lipinski definition) is 1. The van der Waals surface area contributed by atoms with Crippen LogP contribution in [0.25, 0.3) is 0 Å². The molecule has 0 atom stereocenters. The Hall–Kier alpha value is -1.91. The molecule has 0 bridgehead atoms. The maximum absolute atomic E-state index is 4.52. The Morgan fingerprint density at radius 1 is 1.22 bits per heavy atom. The molecule has 0 saturated heterocycles. The van der Waals surface area contributed by atoms with Gasteiger partial charge in [0, 0.05) is 24.6 Å². The van der Waals surface area contributed by atoms with Crippen LogP contribution in [0.15, 0.2) is 12.3 Å². The summed E-state index contributed by atoms with van der Waals surface area (Å²) >= 11 is 0. The molecule has 0 saturated carbocycles. The summed E-state index contributed by atoms with van der Waals surface area (Å²) in [5.41, 5.74) is 3.90. The van der Waals surface area contributed by atoms with E-state index in [4.69, 9.17) is 0 Å². The largest absolute Gasteiger partial charge is 0.321 e. The van der Waals surface area contributed by atoms with Crippen LogP contribution >= 0.6 is 0 Å². The van der Waals surface area contributed by atoms with E-state index in [0.29, 0.717) is 11.9 Å². The number of aromatic nitrogens is 4. The zero-order chi connectivity index (χ0) is 13.3. The Balaban J connectivity index is 2.31. The molecule has 1 N–H and O–H groups in total. The lowest BCUT2D eigenvalue weighted by molar-refractivity contribution is 0.756. The van der Waals surface area contributed by atoms with E-state index in [1.165, 1.54) is 0 Å². The summed E-state index contributed by atoms with van der Waals surface area (Å²) in [7, 11) is 1.90. The van der Waals surface area contributed by atoms with Crippen molar-refractivity contribution >= 4 is 11.6 Å². The van der Waals surface area contributed by atoms with Crippen molar-refractivity contribution in [1.29, 1.82) is 0 Å². The van der Waals surface area contributed by atoms with Crippen molar-refractivity contribution in [2.45, 2.75) is 33.6 Å². The van der Waals surface area contributed by atoms with E-state index in [-0.39, 0.29) is 0 Å². The SMILES string of the molecule is Cc1cc(C(C)C)nc(Nc2cn(C)nc2C)n1. The minimum absolute atomic E-state index is 0.391. The number of anilines is 2. The molecule has 0 radical (unpaired) electrons. The van der Waals surface area contributed by atoms with E-state index < -0.39 is 0 Å². The first-order chi connectivity index (χ1) is 8.45. The third kappa shape index (κ3) is 2.67. The van der Waals surface area contributed by atoms with Crippen molar-refractivity contribution in [2.24, 2.45) is 7.05 Å². The van der Waals surface area contributed by atoms with Gasteiger partial charge in [0.2, 0.25) is 5.95 Å². The molecular weight excluding hydrogens is 226 g/mol. The molecule has 18 heavy (non-hydrogen) atoms. The van der Waals surface area contributed by atoms with Gasteiger partial charge in [-0.1, -0.05) is 13.8 Å². The highest BCUT2D eigenvalue weighted by Gasteiger charge is 2.08. The van der Waals surface area contributed by atoms with Crippen LogP contribution in [-0.4, -0.2) is 19.7 Å². The standard InChI is InChI=1S/C13H19N5/c1-8(2)11-6-9(3)14-13(15-11)16-12-7-18(5)17-10(12)4/h6-8H,1-5H3,(H,14,15,16). The van der Waals surface area contributed by atoms with Crippen LogP contribution in [0, 0.1) is 13.8 Å². The average molecular weight is 245 g/mol. The zero-order valence-corrected chi connectivity index (χ0v) is 11.5. The molecule has 2 aromatic heterocycles. The second-order valence-electron chi connectivity index (χ2n) is 4.84. The lowest BCUT2D eigenvalue weighted by Crippen LogP contribution is -2.03. The number of hydrogen-bond acceptors (Lipinski definition) is 4. The molecule has 0 unspecified atom stereocenters. The monoisotopic (exact) mass is 245 g/mol. The first-order valence-electron chi connectivity index (χ1n) is 6.08. The van der Waals surface area contributed by atoms with Crippen LogP contribution < -0.4 is 5.32 Å². The highest BCUT2D eigenvalue weighted by molar-refractivity contribution is 5.55. The Morgan fingerprint density at radius 2 is 1.94 bits per heavy atom. The lowest BCUT2D eigenvalue weighted by atomic mass is 10.1. The quantitative estimate of drug-likeness (QED) is 0.903. The maximum atomic E-state index is 4.52. The van der Waals surface area contributed by atoms with Crippen LogP contribution in [0.3, 0.4) is 0 Å². The average Bonchev–Trinajstić information content (AvgIpc) is 2.56. The van der Waals surface area contributed by atoms with Gasteiger partial charge in [0.1, 0.15) is 0 Å². The van der Waals surface area contributed by atoms with Crippen molar-refractivity contribution in [3.63, 3.8) is 0 Å². The van der Waals surface area contributed by atoms with Gasteiger partial charge in [0.15, 0.2) is 0 Å². The van der Waals surface area contributed by atoms with Crippen LogP contribution in [-0.2, 0) is 7.05 Å². The molecule has 96 valence electrons. The molecule has 0 amide bonds. The van der Waals surface area contributed by atoms with Gasteiger partial charge in [-0.25, -0.2) is 9.97 Å². The van der Waals surface area contributed by atoms with E-state index >= 15 is 0 Å². The molecule has 0 aliphatic heterocycles. The minimum atomic E-state index is 0.391. The van der Waals surface area contributed by atoms with Crippen LogP contribution in [0.5, 0.6) is 0 Å². The summed E-state index contributed by atoms with van der Waals surface area (Å²) in [6.07, 6.45) is 1.93. The number of nitrogens with zero attached hydrogens (tertiary/aromatic N) is 4. The van der Waals surface area contributed by atoms with E-state index in [1.54, 1.807) is 4.68 Å². The molecule has 2 rings (SSSR count). The fourth-order valence-corrected chi connectivity index (χ4v) is 1.79. The fraction of sp³-hybridized carbons (Fsp3) is 0.462. The topological polar surface area (TPSA) is 55.6 Å². The molecule has 2 aromatic rings. The Morgan fingerprint density at radius 3 is 2.50 bits per heavy atom. The Labute approximate surface area is 107 Å². The van der Waals surface area contributed by atoms with Gasteiger partial charge in [0.05, 0.1) is 11.4 Å². The van der Waals surface area contributed by atoms with Gasteiger partial charge in [-0.15, -0.1) is 0 Å². The smallest absolute Gasteiger partial charge is 0.227 e. The third-order valence-electron chi connectivity index (χ3n) is 2.73. The lowest BCUT2D eigenvalue weighted by Gasteiger charge is -2.09. The van der Waals surface area contributed by atoms with E-state index in [2.05, 4.69) is 34.2 Å². The third-order valence-corrected chi connectivity index (χ3v) is 2.73. The van der Waals surface area contributed by atoms with Crippen molar-refractivity contribution in [3.8, 4) is 0 Å². The molecule has 0 fully saturated rings. The van der Waals surface area contributed by atoms with Crippen molar-refractivity contribution in [3.05, 3.63) is 29.3 Å². The van der Waals surface area contributed by atoms with Crippen molar-refractivity contribution in [2.75, 3.05) is 5.32 Å². The van der Waals surface area contributed by atoms with Gasteiger partial charge in [0.25, 0.3) is 0 Å². The molecule has 5 heteroatoms. The van der Waals surface area contributed by atoms with E-state index in [0.717, 1.165) is 22.8 Å². The van der Waals surface area contributed by atoms with E-state index in [1.807, 2.05) is 33.2 Å². The van der Waals surface area contributed by atoms with Gasteiger partial charge in [-0.2, -0.15) is 5.10 Å². The first-order valence-corrected chi connectivity index (χ1v) is 6.08. The zero-order valence-electron chi connectivity index (χ0n) is 11.5. The van der Waals surface area contributed by atoms with Crippen LogP contribution in [0.4, 0.5) is 11.6 Å². The van der Waals surface area contributed by atoms with Crippen molar-refractivity contribution in [1.82, 2.24) is 19.7 Å². The summed E-state index contributed by atoms with van der Waals surface area (Å²) in [4.78, 5) is 8.92. The highest BCUT2D eigenvalue weighted by Crippen LogP contribution is 2.19. The number of rotatable bonds is 3. The summed E-state index contributed by atoms with van der Waals surface area (Å²) in [5, 5.41) is 7.51. The molecule has 0 aliphatic rings. The fourth-order valence-electron chi connectivity index (χ4n) is 1.79. The Bertz CT molecular complexity index is 557. The van der Waals surface area contributed by atoms with Gasteiger partial charge in [-0.05, 0) is 25.8 Å².